The zero-order chi connectivity index (χ0) is 24.1. The van der Waals surface area contributed by atoms with Crippen molar-refractivity contribution in [3.8, 4) is 17.6 Å². The summed E-state index contributed by atoms with van der Waals surface area (Å²) in [6.07, 6.45) is 2.49. The van der Waals surface area contributed by atoms with Gasteiger partial charge in [0.15, 0.2) is 0 Å². The average molecular weight is 499 g/mol. The van der Waals surface area contributed by atoms with Gasteiger partial charge in [-0.25, -0.2) is 0 Å². The van der Waals surface area contributed by atoms with Gasteiger partial charge in [-0.1, -0.05) is 29.5 Å². The van der Waals surface area contributed by atoms with Gasteiger partial charge in [0, 0.05) is 23.7 Å². The van der Waals surface area contributed by atoms with Gasteiger partial charge in [-0.05, 0) is 61.4 Å². The van der Waals surface area contributed by atoms with Gasteiger partial charge in [-0.3, -0.25) is 14.7 Å². The standard InChI is InChI=1S/C26H27ClN2O4S/c1-33-18-7-8-23-20(14-18)25(22(27)15-28-23)24(30)9-6-17-10-12-29(16-21(17)26(31)32)11-2-4-19-5-3-13-34-19/h3,5,7-8,13-15,17,21,24,30H,6,9-12,16H2,1H3,(H,31,32)/t17?,21?,24-/m1/s1. The molecule has 0 bridgehead atoms. The van der Waals surface area contributed by atoms with Crippen molar-refractivity contribution < 1.29 is 19.7 Å². The zero-order valence-corrected chi connectivity index (χ0v) is 20.5. The number of rotatable bonds is 7. The third-order valence-corrected chi connectivity index (χ3v) is 7.49. The number of aliphatic hydroxyl groups excluding tert-OH is 1. The number of halogens is 1. The molecule has 1 saturated heterocycles. The summed E-state index contributed by atoms with van der Waals surface area (Å²) >= 11 is 8.02. The lowest BCUT2D eigenvalue weighted by Crippen LogP contribution is -2.44. The number of hydrogen-bond acceptors (Lipinski definition) is 6. The number of piperidine rings is 1. The van der Waals surface area contributed by atoms with Crippen LogP contribution in [-0.2, 0) is 4.79 Å². The van der Waals surface area contributed by atoms with E-state index in [2.05, 4.69) is 21.7 Å². The number of carbonyl (C=O) groups is 1. The van der Waals surface area contributed by atoms with Crippen molar-refractivity contribution in [3.05, 3.63) is 57.4 Å². The minimum atomic E-state index is -0.825. The fourth-order valence-corrected chi connectivity index (χ4v) is 5.44. The number of carboxylic acids is 1. The van der Waals surface area contributed by atoms with Gasteiger partial charge in [-0.2, -0.15) is 0 Å². The molecule has 4 rings (SSSR count). The topological polar surface area (TPSA) is 82.9 Å². The Morgan fingerprint density at radius 2 is 2.26 bits per heavy atom. The van der Waals surface area contributed by atoms with Gasteiger partial charge in [-0.15, -0.1) is 11.3 Å². The number of aliphatic hydroxyl groups is 1. The molecule has 1 aliphatic heterocycles. The van der Waals surface area contributed by atoms with E-state index < -0.39 is 18.0 Å². The molecular formula is C26H27ClN2O4S. The normalized spacial score (nSPS) is 19.4. The van der Waals surface area contributed by atoms with Crippen LogP contribution in [0, 0.1) is 23.7 Å². The number of ether oxygens (including phenoxy) is 1. The lowest BCUT2D eigenvalue weighted by Gasteiger charge is -2.36. The molecule has 178 valence electrons. The van der Waals surface area contributed by atoms with Crippen molar-refractivity contribution in [3.63, 3.8) is 0 Å². The summed E-state index contributed by atoms with van der Waals surface area (Å²) in [7, 11) is 1.58. The molecular weight excluding hydrogens is 472 g/mol. The Labute approximate surface area is 208 Å². The van der Waals surface area contributed by atoms with Crippen LogP contribution in [0.4, 0.5) is 0 Å². The number of fused-ring (bicyclic) bond motifs is 1. The fraction of sp³-hybridized carbons (Fsp3) is 0.385. The van der Waals surface area contributed by atoms with E-state index in [9.17, 15) is 15.0 Å². The maximum absolute atomic E-state index is 12.0. The minimum Gasteiger partial charge on any atom is -0.497 e. The largest absolute Gasteiger partial charge is 0.497 e. The second-order valence-electron chi connectivity index (χ2n) is 8.50. The van der Waals surface area contributed by atoms with E-state index in [1.54, 1.807) is 24.6 Å². The molecule has 6 nitrogen and oxygen atoms in total. The Morgan fingerprint density at radius 3 is 3.00 bits per heavy atom. The Bertz CT molecular complexity index is 1200. The number of hydrogen-bond donors (Lipinski definition) is 2. The quantitative estimate of drug-likeness (QED) is 0.453. The number of nitrogens with zero attached hydrogens (tertiary/aromatic N) is 2. The van der Waals surface area contributed by atoms with Crippen molar-refractivity contribution in [2.45, 2.75) is 25.4 Å². The Balaban J connectivity index is 1.42. The maximum atomic E-state index is 12.0. The molecule has 3 aromatic rings. The first-order valence-electron chi connectivity index (χ1n) is 11.2. The summed E-state index contributed by atoms with van der Waals surface area (Å²) in [5, 5.41) is 24.0. The van der Waals surface area contributed by atoms with E-state index in [1.807, 2.05) is 35.7 Å². The van der Waals surface area contributed by atoms with Crippen molar-refractivity contribution in [1.82, 2.24) is 9.88 Å². The summed E-state index contributed by atoms with van der Waals surface area (Å²) in [4.78, 5) is 19.5. The number of aromatic nitrogens is 1. The highest BCUT2D eigenvalue weighted by atomic mass is 35.5. The highest BCUT2D eigenvalue weighted by Crippen LogP contribution is 2.36. The van der Waals surface area contributed by atoms with Gasteiger partial charge < -0.3 is 14.9 Å². The number of methoxy groups -OCH3 is 1. The number of likely N-dealkylation sites (tertiary alicyclic amines) is 1. The molecule has 34 heavy (non-hydrogen) atoms. The van der Waals surface area contributed by atoms with Crippen molar-refractivity contribution in [2.24, 2.45) is 11.8 Å². The lowest BCUT2D eigenvalue weighted by molar-refractivity contribution is -0.146. The molecule has 3 heterocycles. The molecule has 2 aromatic heterocycles. The van der Waals surface area contributed by atoms with Gasteiger partial charge in [0.2, 0.25) is 0 Å². The molecule has 0 radical (unpaired) electrons. The second kappa shape index (κ2) is 11.2. The van der Waals surface area contributed by atoms with Crippen molar-refractivity contribution in [1.29, 1.82) is 0 Å². The number of benzene rings is 1. The van der Waals surface area contributed by atoms with E-state index in [-0.39, 0.29) is 5.92 Å². The van der Waals surface area contributed by atoms with Gasteiger partial charge in [0.1, 0.15) is 5.75 Å². The van der Waals surface area contributed by atoms with Crippen LogP contribution in [0.2, 0.25) is 5.02 Å². The van der Waals surface area contributed by atoms with Crippen molar-refractivity contribution in [2.75, 3.05) is 26.7 Å². The molecule has 2 unspecified atom stereocenters. The van der Waals surface area contributed by atoms with E-state index in [1.165, 1.54) is 0 Å². The van der Waals surface area contributed by atoms with Gasteiger partial charge in [0.25, 0.3) is 0 Å². The Morgan fingerprint density at radius 1 is 1.41 bits per heavy atom. The van der Waals surface area contributed by atoms with Crippen LogP contribution in [-0.4, -0.2) is 52.8 Å². The molecule has 3 atom stereocenters. The Hall–Kier alpha value is -2.63. The molecule has 0 amide bonds. The summed E-state index contributed by atoms with van der Waals surface area (Å²) < 4.78 is 5.32. The van der Waals surface area contributed by atoms with E-state index in [4.69, 9.17) is 16.3 Å². The highest BCUT2D eigenvalue weighted by Gasteiger charge is 2.34. The van der Waals surface area contributed by atoms with Crippen LogP contribution in [0.15, 0.2) is 41.9 Å². The van der Waals surface area contributed by atoms with Crippen LogP contribution in [0.1, 0.15) is 35.8 Å². The average Bonchev–Trinajstić information content (AvgIpc) is 3.36. The van der Waals surface area contributed by atoms with Crippen LogP contribution in [0.3, 0.4) is 0 Å². The van der Waals surface area contributed by atoms with Crippen molar-refractivity contribution >= 4 is 39.8 Å². The van der Waals surface area contributed by atoms with Crippen LogP contribution < -0.4 is 4.74 Å². The van der Waals surface area contributed by atoms with Gasteiger partial charge in [0.05, 0.1) is 41.1 Å². The first-order chi connectivity index (χ1) is 16.5. The summed E-state index contributed by atoms with van der Waals surface area (Å²) in [6, 6.07) is 9.41. The molecule has 1 aromatic carbocycles. The highest BCUT2D eigenvalue weighted by molar-refractivity contribution is 7.10. The Kier molecular flexibility index (Phi) is 8.07. The molecule has 8 heteroatoms. The predicted octanol–water partition coefficient (Wildman–Crippen LogP) is 4.85. The summed E-state index contributed by atoms with van der Waals surface area (Å²) in [5.41, 5.74) is 1.33. The monoisotopic (exact) mass is 498 g/mol. The van der Waals surface area contributed by atoms with E-state index in [0.29, 0.717) is 42.3 Å². The molecule has 1 fully saturated rings. The van der Waals surface area contributed by atoms with Gasteiger partial charge >= 0.3 is 5.97 Å². The summed E-state index contributed by atoms with van der Waals surface area (Å²) in [5.74, 6) is 5.64. The number of thiophene rings is 1. The molecule has 1 aliphatic rings. The molecule has 2 N–H and O–H groups in total. The van der Waals surface area contributed by atoms with E-state index >= 15 is 0 Å². The number of carboxylic acid groups (broad SMARTS) is 1. The number of aliphatic carboxylic acids is 1. The first-order valence-corrected chi connectivity index (χ1v) is 12.5. The predicted molar refractivity (Wildman–Crippen MR) is 134 cm³/mol. The molecule has 0 saturated carbocycles. The molecule has 0 aliphatic carbocycles. The first kappa shape index (κ1) is 24.5. The number of pyridine rings is 1. The van der Waals surface area contributed by atoms with E-state index in [0.717, 1.165) is 28.7 Å². The third kappa shape index (κ3) is 5.70. The fourth-order valence-electron chi connectivity index (χ4n) is 4.57. The summed E-state index contributed by atoms with van der Waals surface area (Å²) in [6.45, 7) is 1.81. The minimum absolute atomic E-state index is 0.0185. The van der Waals surface area contributed by atoms with Crippen LogP contribution >= 0.6 is 22.9 Å². The molecule has 0 spiro atoms. The second-order valence-corrected chi connectivity index (χ2v) is 9.86. The smallest absolute Gasteiger partial charge is 0.308 e. The van der Waals surface area contributed by atoms with Crippen LogP contribution in [0.5, 0.6) is 5.75 Å². The van der Waals surface area contributed by atoms with Crippen LogP contribution in [0.25, 0.3) is 10.9 Å². The third-order valence-electron chi connectivity index (χ3n) is 6.40. The SMILES string of the molecule is COc1ccc2ncc(Cl)c([C@H](O)CCC3CCN(CC#Cc4cccs4)CC3C(=O)O)c2c1. The maximum Gasteiger partial charge on any atom is 0.308 e. The lowest BCUT2D eigenvalue weighted by atomic mass is 9.81. The zero-order valence-electron chi connectivity index (χ0n) is 18.9.